The summed E-state index contributed by atoms with van der Waals surface area (Å²) in [5.74, 6) is 0.790. The normalized spacial score (nSPS) is 12.2. The number of nitrogens with zero attached hydrogens (tertiary/aromatic N) is 1. The van der Waals surface area contributed by atoms with Crippen molar-refractivity contribution in [2.45, 2.75) is 0 Å². The van der Waals surface area contributed by atoms with E-state index in [4.69, 9.17) is 9.47 Å². The molecular weight excluding hydrogens is 346 g/mol. The van der Waals surface area contributed by atoms with Crippen LogP contribution in [0, 0.1) is 0 Å². The van der Waals surface area contributed by atoms with Gasteiger partial charge in [-0.05, 0) is 30.3 Å². The molecule has 1 aliphatic rings. The number of amides is 2. The molecule has 0 atom stereocenters. The van der Waals surface area contributed by atoms with Crippen LogP contribution in [0.2, 0.25) is 0 Å². The zero-order valence-corrected chi connectivity index (χ0v) is 14.8. The van der Waals surface area contributed by atoms with Gasteiger partial charge in [0.1, 0.15) is 5.69 Å². The molecule has 0 saturated carbocycles. The van der Waals surface area contributed by atoms with Crippen LogP contribution in [0.5, 0.6) is 11.5 Å². The molecular formula is C20H19N3O4. The number of carbonyl (C=O) groups excluding carboxylic acids is 2. The first-order valence-corrected chi connectivity index (χ1v) is 8.64. The summed E-state index contributed by atoms with van der Waals surface area (Å²) >= 11 is 0. The second-order valence-corrected chi connectivity index (χ2v) is 6.23. The lowest BCUT2D eigenvalue weighted by Crippen LogP contribution is -2.35. The number of nitrogens with one attached hydrogen (secondary N) is 2. The maximum atomic E-state index is 12.4. The maximum absolute atomic E-state index is 12.4. The standard InChI is InChI=1S/C20H19N3O4/c1-23-15-5-3-2-4-13(15)10-16(23)20(25)22-9-8-21-19(24)14-6-7-17-18(11-14)27-12-26-17/h2-7,10-11H,8-9,12H2,1H3,(H,21,24)(H,22,25). The molecule has 2 aromatic carbocycles. The second kappa shape index (κ2) is 7.03. The van der Waals surface area contributed by atoms with Gasteiger partial charge in [-0.3, -0.25) is 9.59 Å². The average Bonchev–Trinajstić information content (AvgIpc) is 3.29. The van der Waals surface area contributed by atoms with Crippen LogP contribution in [-0.4, -0.2) is 36.3 Å². The number of rotatable bonds is 5. The topological polar surface area (TPSA) is 81.6 Å². The smallest absolute Gasteiger partial charge is 0.267 e. The number of fused-ring (bicyclic) bond motifs is 2. The van der Waals surface area contributed by atoms with Crippen molar-refractivity contribution in [2.75, 3.05) is 19.9 Å². The number of aromatic nitrogens is 1. The minimum absolute atomic E-state index is 0.167. The molecule has 0 spiro atoms. The van der Waals surface area contributed by atoms with Crippen LogP contribution < -0.4 is 20.1 Å². The van der Waals surface area contributed by atoms with Gasteiger partial charge in [0.25, 0.3) is 11.8 Å². The summed E-state index contributed by atoms with van der Waals surface area (Å²) in [5.41, 5.74) is 2.07. The summed E-state index contributed by atoms with van der Waals surface area (Å²) in [6, 6.07) is 14.7. The number of hydrogen-bond donors (Lipinski definition) is 2. The number of para-hydroxylation sites is 1. The lowest BCUT2D eigenvalue weighted by molar-refractivity contribution is 0.0923. The van der Waals surface area contributed by atoms with Crippen LogP contribution in [0.4, 0.5) is 0 Å². The number of aryl methyl sites for hydroxylation is 1. The molecule has 0 aliphatic carbocycles. The summed E-state index contributed by atoms with van der Waals surface area (Å²) in [7, 11) is 1.86. The Morgan fingerprint density at radius 2 is 1.70 bits per heavy atom. The molecule has 0 saturated heterocycles. The Bertz CT molecular complexity index is 1030. The van der Waals surface area contributed by atoms with Gasteiger partial charge in [0, 0.05) is 36.6 Å². The Hall–Kier alpha value is -3.48. The lowest BCUT2D eigenvalue weighted by atomic mass is 10.2. The van der Waals surface area contributed by atoms with Crippen molar-refractivity contribution in [2.24, 2.45) is 7.05 Å². The van der Waals surface area contributed by atoms with E-state index in [0.717, 1.165) is 10.9 Å². The predicted octanol–water partition coefficient (Wildman–Crippen LogP) is 2.07. The van der Waals surface area contributed by atoms with Crippen molar-refractivity contribution < 1.29 is 19.1 Å². The fourth-order valence-electron chi connectivity index (χ4n) is 3.09. The largest absolute Gasteiger partial charge is 0.454 e. The van der Waals surface area contributed by atoms with E-state index in [1.165, 1.54) is 0 Å². The van der Waals surface area contributed by atoms with Crippen molar-refractivity contribution in [3.63, 3.8) is 0 Å². The molecule has 3 aromatic rings. The highest BCUT2D eigenvalue weighted by molar-refractivity contribution is 5.99. The van der Waals surface area contributed by atoms with Crippen molar-refractivity contribution in [3.05, 3.63) is 59.8 Å². The minimum atomic E-state index is -0.229. The number of ether oxygens (including phenoxy) is 2. The van der Waals surface area contributed by atoms with Crippen molar-refractivity contribution in [3.8, 4) is 11.5 Å². The van der Waals surface area contributed by atoms with E-state index in [0.29, 0.717) is 35.8 Å². The van der Waals surface area contributed by atoms with Gasteiger partial charge in [-0.15, -0.1) is 0 Å². The van der Waals surface area contributed by atoms with E-state index < -0.39 is 0 Å². The molecule has 0 radical (unpaired) electrons. The molecule has 0 bridgehead atoms. The molecule has 27 heavy (non-hydrogen) atoms. The van der Waals surface area contributed by atoms with E-state index in [-0.39, 0.29) is 18.6 Å². The average molecular weight is 365 g/mol. The highest BCUT2D eigenvalue weighted by atomic mass is 16.7. The Balaban J connectivity index is 1.31. The van der Waals surface area contributed by atoms with Gasteiger partial charge >= 0.3 is 0 Å². The van der Waals surface area contributed by atoms with Crippen molar-refractivity contribution in [1.29, 1.82) is 0 Å². The van der Waals surface area contributed by atoms with E-state index in [9.17, 15) is 9.59 Å². The monoisotopic (exact) mass is 365 g/mol. The summed E-state index contributed by atoms with van der Waals surface area (Å²) in [6.45, 7) is 0.820. The molecule has 2 N–H and O–H groups in total. The Kier molecular flexibility index (Phi) is 4.42. The molecule has 0 unspecified atom stereocenters. The van der Waals surface area contributed by atoms with E-state index in [1.807, 2.05) is 41.9 Å². The summed E-state index contributed by atoms with van der Waals surface area (Å²) in [5, 5.41) is 6.63. The second-order valence-electron chi connectivity index (χ2n) is 6.23. The van der Waals surface area contributed by atoms with Gasteiger partial charge in [0.05, 0.1) is 0 Å². The first kappa shape index (κ1) is 17.0. The quantitative estimate of drug-likeness (QED) is 0.678. The van der Waals surface area contributed by atoms with E-state index >= 15 is 0 Å². The van der Waals surface area contributed by atoms with Gasteiger partial charge in [0.15, 0.2) is 11.5 Å². The van der Waals surface area contributed by atoms with E-state index in [2.05, 4.69) is 10.6 Å². The summed E-state index contributed by atoms with van der Waals surface area (Å²) in [4.78, 5) is 24.6. The molecule has 0 fully saturated rings. The first-order valence-electron chi connectivity index (χ1n) is 8.64. The van der Waals surface area contributed by atoms with Crippen LogP contribution in [0.3, 0.4) is 0 Å². The number of carbonyl (C=O) groups is 2. The number of benzene rings is 2. The fraction of sp³-hybridized carbons (Fsp3) is 0.200. The van der Waals surface area contributed by atoms with Gasteiger partial charge in [0.2, 0.25) is 6.79 Å². The Morgan fingerprint density at radius 3 is 2.52 bits per heavy atom. The third-order valence-electron chi connectivity index (χ3n) is 4.52. The molecule has 138 valence electrons. The molecule has 1 aromatic heterocycles. The van der Waals surface area contributed by atoms with Gasteiger partial charge in [-0.2, -0.15) is 0 Å². The molecule has 4 rings (SSSR count). The van der Waals surface area contributed by atoms with Crippen LogP contribution in [0.25, 0.3) is 10.9 Å². The molecule has 2 amide bonds. The summed E-state index contributed by atoms with van der Waals surface area (Å²) in [6.07, 6.45) is 0. The molecule has 1 aliphatic heterocycles. The molecule has 7 nitrogen and oxygen atoms in total. The van der Waals surface area contributed by atoms with Gasteiger partial charge in [-0.25, -0.2) is 0 Å². The molecule has 2 heterocycles. The Labute approximate surface area is 155 Å². The Morgan fingerprint density at radius 1 is 0.963 bits per heavy atom. The van der Waals surface area contributed by atoms with Gasteiger partial charge < -0.3 is 24.7 Å². The SMILES string of the molecule is Cn1c(C(=O)NCCNC(=O)c2ccc3c(c2)OCO3)cc2ccccc21. The van der Waals surface area contributed by atoms with Crippen LogP contribution in [-0.2, 0) is 7.05 Å². The van der Waals surface area contributed by atoms with Crippen LogP contribution in [0.1, 0.15) is 20.8 Å². The predicted molar refractivity (Wildman–Crippen MR) is 100 cm³/mol. The lowest BCUT2D eigenvalue weighted by Gasteiger charge is -2.08. The summed E-state index contributed by atoms with van der Waals surface area (Å²) < 4.78 is 12.4. The first-order chi connectivity index (χ1) is 13.1. The zero-order chi connectivity index (χ0) is 18.8. The van der Waals surface area contributed by atoms with Gasteiger partial charge in [-0.1, -0.05) is 18.2 Å². The van der Waals surface area contributed by atoms with Crippen molar-refractivity contribution >= 4 is 22.7 Å². The third-order valence-corrected chi connectivity index (χ3v) is 4.52. The van der Waals surface area contributed by atoms with Crippen molar-refractivity contribution in [1.82, 2.24) is 15.2 Å². The van der Waals surface area contributed by atoms with Crippen LogP contribution >= 0.6 is 0 Å². The third kappa shape index (κ3) is 3.31. The highest BCUT2D eigenvalue weighted by Gasteiger charge is 2.16. The van der Waals surface area contributed by atoms with Crippen LogP contribution in [0.15, 0.2) is 48.5 Å². The minimum Gasteiger partial charge on any atom is -0.454 e. The van der Waals surface area contributed by atoms with E-state index in [1.54, 1.807) is 18.2 Å². The molecule has 7 heteroatoms. The fourth-order valence-corrected chi connectivity index (χ4v) is 3.09. The highest BCUT2D eigenvalue weighted by Crippen LogP contribution is 2.32. The zero-order valence-electron chi connectivity index (χ0n) is 14.8. The maximum Gasteiger partial charge on any atom is 0.267 e. The number of hydrogen-bond acceptors (Lipinski definition) is 4.